The van der Waals surface area contributed by atoms with Crippen molar-refractivity contribution in [1.82, 2.24) is 40.5 Å². The Hall–Kier alpha value is -12.3. The molecule has 4 amide bonds. The second-order valence-corrected chi connectivity index (χ2v) is 37.0. The zero-order chi connectivity index (χ0) is 82.0. The Morgan fingerprint density at radius 2 is 0.803 bits per heavy atom. The minimum absolute atomic E-state index is 0.0400. The first-order valence-electron chi connectivity index (χ1n) is 38.2. The lowest BCUT2D eigenvalue weighted by atomic mass is 10.0. The number of halogens is 3. The topological polar surface area (TPSA) is 401 Å². The number of anilines is 12. The third-order valence-corrected chi connectivity index (χ3v) is 27.1. The lowest BCUT2D eigenvalue weighted by Crippen LogP contribution is -2.29. The number of amides is 4. The number of alkyl halides is 3. The Balaban J connectivity index is 0.000000153. The maximum Gasteiger partial charge on any atom is 0.416 e. The molecule has 15 rings (SSSR count). The van der Waals surface area contributed by atoms with Gasteiger partial charge in [0.05, 0.1) is 40.0 Å². The number of aromatic nitrogens is 6. The van der Waals surface area contributed by atoms with E-state index in [9.17, 15) is 43.8 Å². The first-order chi connectivity index (χ1) is 56.3. The van der Waals surface area contributed by atoms with Crippen LogP contribution in [0.1, 0.15) is 87.3 Å². The number of hydrogen-bond donors (Lipinski definition) is 14. The van der Waals surface area contributed by atoms with Crippen LogP contribution < -0.4 is 57.9 Å². The Morgan fingerprint density at radius 1 is 0.427 bits per heavy atom. The van der Waals surface area contributed by atoms with E-state index in [-0.39, 0.29) is 29.3 Å². The van der Waals surface area contributed by atoms with Crippen LogP contribution in [0.3, 0.4) is 0 Å². The number of nitrogens with zero attached hydrogens (tertiary/aromatic N) is 6. The third-order valence-electron chi connectivity index (χ3n) is 19.6. The fraction of sp³-hybridized carbons (Fsp3) is 0.253. The molecule has 117 heavy (non-hydrogen) atoms. The van der Waals surface area contributed by atoms with Gasteiger partial charge in [0.25, 0.3) is 0 Å². The number of hydrogen-bond acceptors (Lipinski definition) is 22. The van der Waals surface area contributed by atoms with Gasteiger partial charge >= 0.3 is 18.2 Å². The Kier molecular flexibility index (Phi) is 26.5. The minimum Gasteiger partial charge on any atom is -0.369 e. The van der Waals surface area contributed by atoms with Crippen LogP contribution >= 0.6 is 0 Å². The molecule has 3 atom stereocenters. The highest BCUT2D eigenvalue weighted by Gasteiger charge is 2.31. The van der Waals surface area contributed by atoms with Crippen LogP contribution in [0.2, 0.25) is 0 Å². The third kappa shape index (κ3) is 22.9. The summed E-state index contributed by atoms with van der Waals surface area (Å²) in [5.41, 5.74) is 9.25. The fourth-order valence-electron chi connectivity index (χ4n) is 13.3. The second-order valence-electron chi connectivity index (χ2n) is 28.3. The van der Waals surface area contributed by atoms with Gasteiger partial charge in [0.1, 0.15) is 17.5 Å². The van der Waals surface area contributed by atoms with Gasteiger partial charge in [-0.2, -0.15) is 28.1 Å². The van der Waals surface area contributed by atoms with Gasteiger partial charge in [-0.25, -0.2) is 59.9 Å². The first kappa shape index (κ1) is 82.7. The molecule has 11 aromatic rings. The number of para-hydroxylation sites is 1. The maximum absolute atomic E-state index is 12.9. The van der Waals surface area contributed by atoms with Gasteiger partial charge in [0.2, 0.25) is 27.9 Å². The summed E-state index contributed by atoms with van der Waals surface area (Å²) in [6.45, 7) is 2.36. The van der Waals surface area contributed by atoms with Crippen molar-refractivity contribution in [2.45, 2.75) is 110 Å². The Labute approximate surface area is 678 Å². The monoisotopic (exact) mass is 1660 g/mol. The van der Waals surface area contributed by atoms with Crippen molar-refractivity contribution in [2.24, 2.45) is 0 Å². The van der Waals surface area contributed by atoms with Crippen LogP contribution in [0.15, 0.2) is 233 Å². The fourth-order valence-corrected chi connectivity index (χ4v) is 19.3. The quantitative estimate of drug-likeness (QED) is 0.0540. The molecule has 3 aliphatic heterocycles. The molecule has 27 nitrogen and oxygen atoms in total. The lowest BCUT2D eigenvalue weighted by Gasteiger charge is -2.22. The summed E-state index contributed by atoms with van der Waals surface area (Å²) in [5, 5.41) is 30.0. The molecule has 1 aliphatic carbocycles. The average Bonchev–Trinajstić information content (AvgIpc) is 1.47. The SMILES string of the molecule is N=S1(=O)CCCCNc2nc(ncc2-c2ccc(CNC(=O)Nc3cccc(C(F)(F)F)c3)cc2)Nc2cccc1c2.N=S1(=O)CCCCNc2nc(ncc2-c2ccc(CNC(=O)Nc3ccccc3)cc2)Nc2cccc1c2.N=S1(=O)CCCCNc2nc(ncc2-c2ccc(NS(=O)(=O)C3CCCCC3)cc2)Nc2cccc1c2. The van der Waals surface area contributed by atoms with Crippen molar-refractivity contribution in [3.8, 4) is 33.4 Å². The molecule has 1 saturated carbocycles. The first-order valence-corrected chi connectivity index (χ1v) is 44.9. The van der Waals surface area contributed by atoms with E-state index < -0.39 is 57.0 Å². The van der Waals surface area contributed by atoms with Crippen LogP contribution in [-0.4, -0.2) is 105 Å². The summed E-state index contributed by atoms with van der Waals surface area (Å²) < 4.78 is 131. The number of fused-ring (bicyclic) bond motifs is 12. The zero-order valence-corrected chi connectivity index (χ0v) is 66.9. The largest absolute Gasteiger partial charge is 0.416 e. The highest BCUT2D eigenvalue weighted by molar-refractivity contribution is 7.93. The van der Waals surface area contributed by atoms with E-state index in [4.69, 9.17) is 19.3 Å². The number of benzene rings is 8. The van der Waals surface area contributed by atoms with Crippen LogP contribution in [-0.2, 0) is 58.5 Å². The summed E-state index contributed by atoms with van der Waals surface area (Å²) in [4.78, 5) is 53.4. The van der Waals surface area contributed by atoms with Gasteiger partial charge < -0.3 is 53.2 Å². The van der Waals surface area contributed by atoms with E-state index in [1.807, 2.05) is 103 Å². The standard InChI is InChI=1S/C29H28F3N7O2S.C28H29N7O2S.C26H32N6O3S2/c30-29(31,32)21-5-3-6-22(15-21)38-28(40)36-17-19-9-11-20(12-10-19)25-18-35-27-37-23-7-4-8-24(16-23)42(33,41)14-2-1-13-34-26(25)39-27;29-38(37)16-5-4-15-30-26-25(19-31-27(35-26)33-23-9-6-10-24(38)17-23)21-13-11-20(12-14-21)18-32-28(36)34-22-7-2-1-3-8-22;27-36(33)16-5-4-15-28-25-24(18-29-26(31-25)30-21-7-6-10-23(36)17-21)19-11-13-20(14-12-19)32-37(34,35)22-8-2-1-3-9-22/h3-12,15-16,18,33H,1-2,13-14,17H2,(H2,36,38,40)(H2,34,35,37,39);1-3,6-14,17,19,29H,4-5,15-16,18H2,(H2,32,34,36)(H2,30,31,33,35);6-7,10-14,17-18,22,27,32H,1-5,8-9,15-16H2,(H2,28,29,30,31). The van der Waals surface area contributed by atoms with E-state index in [2.05, 4.69) is 82.8 Å². The number of carbonyl (C=O) groups is 2. The summed E-state index contributed by atoms with van der Waals surface area (Å²) >= 11 is 0. The molecule has 0 spiro atoms. The Bertz CT molecular complexity index is 5820. The number of carbonyl (C=O) groups excluding carboxylic acids is 2. The minimum atomic E-state index is -4.50. The maximum atomic E-state index is 12.9. The van der Waals surface area contributed by atoms with Gasteiger partial charge in [0.15, 0.2) is 0 Å². The number of urea groups is 2. The number of rotatable bonds is 12. The molecule has 34 heteroatoms. The molecule has 4 aliphatic rings. The summed E-state index contributed by atoms with van der Waals surface area (Å²) in [5.74, 6) is 3.97. The van der Waals surface area contributed by atoms with Gasteiger partial charge in [-0.3, -0.25) is 4.72 Å². The van der Waals surface area contributed by atoms with Crippen LogP contribution in [0.4, 0.5) is 92.2 Å². The molecule has 3 aromatic heterocycles. The molecular formula is C83H89F3N20O7S4. The predicted octanol–water partition coefficient (Wildman–Crippen LogP) is 18.2. The van der Waals surface area contributed by atoms with E-state index in [0.717, 1.165) is 94.4 Å². The van der Waals surface area contributed by atoms with Crippen molar-refractivity contribution in [1.29, 1.82) is 14.3 Å². The molecular weight excluding hydrogens is 1570 g/mol. The molecule has 608 valence electrons. The highest BCUT2D eigenvalue weighted by Crippen LogP contribution is 2.36. The Morgan fingerprint density at radius 3 is 1.21 bits per heavy atom. The number of sulfonamides is 1. The van der Waals surface area contributed by atoms with Gasteiger partial charge in [0, 0.05) is 134 Å². The van der Waals surface area contributed by atoms with Crippen molar-refractivity contribution >= 4 is 121 Å². The van der Waals surface area contributed by atoms with Gasteiger partial charge in [-0.1, -0.05) is 122 Å². The molecule has 8 aromatic carbocycles. The van der Waals surface area contributed by atoms with E-state index in [1.54, 1.807) is 91.4 Å². The normalized spacial score (nSPS) is 18.2. The van der Waals surface area contributed by atoms with Crippen molar-refractivity contribution in [3.05, 3.63) is 235 Å². The van der Waals surface area contributed by atoms with Crippen molar-refractivity contribution < 1.29 is 43.8 Å². The lowest BCUT2D eigenvalue weighted by molar-refractivity contribution is -0.137. The predicted molar refractivity (Wildman–Crippen MR) is 456 cm³/mol. The summed E-state index contributed by atoms with van der Waals surface area (Å²) in [6.07, 6.45) is 9.28. The van der Waals surface area contributed by atoms with E-state index in [1.165, 1.54) is 12.1 Å². The molecule has 6 heterocycles. The molecule has 1 fully saturated rings. The molecule has 0 saturated heterocycles. The summed E-state index contributed by atoms with van der Waals surface area (Å²) in [7, 11) is -12.0. The highest BCUT2D eigenvalue weighted by atomic mass is 32.2. The van der Waals surface area contributed by atoms with E-state index >= 15 is 0 Å². The van der Waals surface area contributed by atoms with Crippen molar-refractivity contribution in [2.75, 3.05) is 84.1 Å². The molecule has 3 unspecified atom stereocenters. The molecule has 0 radical (unpaired) electrons. The van der Waals surface area contributed by atoms with Gasteiger partial charge in [-0.05, 0) is 176 Å². The molecule has 12 bridgehead atoms. The smallest absolute Gasteiger partial charge is 0.369 e. The van der Waals surface area contributed by atoms with Crippen LogP contribution in [0, 0.1) is 14.3 Å². The van der Waals surface area contributed by atoms with Crippen LogP contribution in [0.5, 0.6) is 0 Å². The van der Waals surface area contributed by atoms with Crippen molar-refractivity contribution in [3.63, 3.8) is 0 Å². The number of nitrogens with one attached hydrogen (secondary N) is 14. The average molecular weight is 1660 g/mol. The van der Waals surface area contributed by atoms with Gasteiger partial charge in [-0.15, -0.1) is 0 Å². The van der Waals surface area contributed by atoms with Crippen LogP contribution in [0.25, 0.3) is 33.4 Å². The van der Waals surface area contributed by atoms with E-state index in [0.29, 0.717) is 149 Å². The molecule has 14 N–H and O–H groups in total. The summed E-state index contributed by atoms with van der Waals surface area (Å²) in [6, 6.07) is 56.5. The second kappa shape index (κ2) is 37.6. The zero-order valence-electron chi connectivity index (χ0n) is 63.6.